The lowest BCUT2D eigenvalue weighted by atomic mass is 10.1. The highest BCUT2D eigenvalue weighted by molar-refractivity contribution is 9.10. The van der Waals surface area contributed by atoms with Crippen molar-refractivity contribution in [1.82, 2.24) is 9.97 Å². The Balaban J connectivity index is 2.18. The molecule has 104 valence electrons. The van der Waals surface area contributed by atoms with Crippen LogP contribution in [0.1, 0.15) is 18.5 Å². The molecular weight excluding hydrogens is 326 g/mol. The Kier molecular flexibility index (Phi) is 4.14. The maximum atomic E-state index is 10.6. The third-order valence-corrected chi connectivity index (χ3v) is 3.18. The van der Waals surface area contributed by atoms with Gasteiger partial charge in [-0.15, -0.1) is 0 Å². The van der Waals surface area contributed by atoms with Gasteiger partial charge >= 0.3 is 5.69 Å². The lowest BCUT2D eigenvalue weighted by Gasteiger charge is -2.14. The Morgan fingerprint density at radius 1 is 1.50 bits per heavy atom. The number of nitrogens with two attached hydrogens (primary N) is 1. The van der Waals surface area contributed by atoms with E-state index in [1.165, 1.54) is 0 Å². The summed E-state index contributed by atoms with van der Waals surface area (Å²) in [6, 6.07) is 7.70. The van der Waals surface area contributed by atoms with Gasteiger partial charge in [0, 0.05) is 4.47 Å². The number of nitro groups is 1. The van der Waals surface area contributed by atoms with Crippen LogP contribution in [-0.2, 0) is 0 Å². The first-order valence-electron chi connectivity index (χ1n) is 5.76. The number of anilines is 2. The maximum Gasteiger partial charge on any atom is 0.329 e. The van der Waals surface area contributed by atoms with E-state index >= 15 is 0 Å². The molecule has 0 saturated heterocycles. The van der Waals surface area contributed by atoms with Gasteiger partial charge in [-0.1, -0.05) is 28.1 Å². The molecule has 7 nitrogen and oxygen atoms in total. The number of nitrogens with one attached hydrogen (secondary N) is 1. The Bertz CT molecular complexity index is 649. The number of benzene rings is 1. The molecule has 1 aromatic heterocycles. The van der Waals surface area contributed by atoms with Gasteiger partial charge in [-0.05, 0) is 24.6 Å². The van der Waals surface area contributed by atoms with Gasteiger partial charge in [-0.3, -0.25) is 10.1 Å². The van der Waals surface area contributed by atoms with Crippen molar-refractivity contribution >= 4 is 33.4 Å². The quantitative estimate of drug-likeness (QED) is 0.656. The second-order valence-corrected chi connectivity index (χ2v) is 5.06. The van der Waals surface area contributed by atoms with E-state index in [4.69, 9.17) is 5.73 Å². The number of halogens is 1. The SMILES string of the molecule is CC(Nc1ncc([N+](=O)[O-])c(N)n1)c1cccc(Br)c1. The van der Waals surface area contributed by atoms with Gasteiger partial charge in [-0.2, -0.15) is 4.98 Å². The van der Waals surface area contributed by atoms with Crippen LogP contribution in [0.4, 0.5) is 17.5 Å². The summed E-state index contributed by atoms with van der Waals surface area (Å²) in [4.78, 5) is 17.8. The molecule has 0 amide bonds. The van der Waals surface area contributed by atoms with Gasteiger partial charge in [-0.25, -0.2) is 4.98 Å². The molecule has 3 N–H and O–H groups in total. The second kappa shape index (κ2) is 5.83. The van der Waals surface area contributed by atoms with E-state index in [9.17, 15) is 10.1 Å². The van der Waals surface area contributed by atoms with Gasteiger partial charge in [0.05, 0.1) is 11.0 Å². The Labute approximate surface area is 123 Å². The van der Waals surface area contributed by atoms with Crippen LogP contribution in [0.15, 0.2) is 34.9 Å². The minimum absolute atomic E-state index is 0.0617. The number of nitrogens with zero attached hydrogens (tertiary/aromatic N) is 3. The number of hydrogen-bond donors (Lipinski definition) is 2. The van der Waals surface area contributed by atoms with Gasteiger partial charge in [0.25, 0.3) is 0 Å². The van der Waals surface area contributed by atoms with E-state index in [0.717, 1.165) is 16.2 Å². The van der Waals surface area contributed by atoms with E-state index in [1.54, 1.807) is 0 Å². The Morgan fingerprint density at radius 3 is 2.85 bits per heavy atom. The molecule has 0 bridgehead atoms. The largest absolute Gasteiger partial charge is 0.378 e. The number of aromatic nitrogens is 2. The normalized spacial score (nSPS) is 11.9. The van der Waals surface area contributed by atoms with Crippen LogP contribution in [0.5, 0.6) is 0 Å². The molecule has 0 aliphatic rings. The van der Waals surface area contributed by atoms with Gasteiger partial charge < -0.3 is 11.1 Å². The standard InChI is InChI=1S/C12H12BrN5O2/c1-7(8-3-2-4-9(13)5-8)16-12-15-6-10(18(19)20)11(14)17-12/h2-7H,1H3,(H3,14,15,16,17). The third kappa shape index (κ3) is 3.21. The summed E-state index contributed by atoms with van der Waals surface area (Å²) in [5, 5.41) is 13.7. The molecule has 0 radical (unpaired) electrons. The van der Waals surface area contributed by atoms with Crippen LogP contribution in [0.3, 0.4) is 0 Å². The maximum absolute atomic E-state index is 10.6. The van der Waals surface area contributed by atoms with E-state index in [-0.39, 0.29) is 23.5 Å². The van der Waals surface area contributed by atoms with E-state index in [0.29, 0.717) is 0 Å². The lowest BCUT2D eigenvalue weighted by Crippen LogP contribution is -2.11. The first kappa shape index (κ1) is 14.2. The fourth-order valence-corrected chi connectivity index (χ4v) is 2.07. The average molecular weight is 338 g/mol. The summed E-state index contributed by atoms with van der Waals surface area (Å²) < 4.78 is 0.966. The lowest BCUT2D eigenvalue weighted by molar-refractivity contribution is -0.384. The zero-order valence-corrected chi connectivity index (χ0v) is 12.2. The van der Waals surface area contributed by atoms with E-state index in [2.05, 4.69) is 31.2 Å². The number of rotatable bonds is 4. The first-order chi connectivity index (χ1) is 9.47. The molecule has 0 aliphatic carbocycles. The van der Waals surface area contributed by atoms with Crippen LogP contribution in [0.25, 0.3) is 0 Å². The van der Waals surface area contributed by atoms with Crippen molar-refractivity contribution in [2.24, 2.45) is 0 Å². The van der Waals surface area contributed by atoms with Crippen LogP contribution in [-0.4, -0.2) is 14.9 Å². The average Bonchev–Trinajstić information content (AvgIpc) is 2.38. The molecule has 1 heterocycles. The van der Waals surface area contributed by atoms with Crippen molar-refractivity contribution in [3.63, 3.8) is 0 Å². The molecule has 2 rings (SSSR count). The van der Waals surface area contributed by atoms with Crippen molar-refractivity contribution in [1.29, 1.82) is 0 Å². The Morgan fingerprint density at radius 2 is 2.25 bits per heavy atom. The highest BCUT2D eigenvalue weighted by Gasteiger charge is 2.15. The van der Waals surface area contributed by atoms with Crippen molar-refractivity contribution in [2.75, 3.05) is 11.1 Å². The Hall–Kier alpha value is -2.22. The van der Waals surface area contributed by atoms with E-state index in [1.807, 2.05) is 31.2 Å². The fourth-order valence-electron chi connectivity index (χ4n) is 1.65. The van der Waals surface area contributed by atoms with Crippen molar-refractivity contribution in [3.05, 3.63) is 50.6 Å². The minimum Gasteiger partial charge on any atom is -0.378 e. The van der Waals surface area contributed by atoms with Crippen LogP contribution in [0.2, 0.25) is 0 Å². The molecule has 8 heteroatoms. The molecule has 1 unspecified atom stereocenters. The molecule has 0 aliphatic heterocycles. The molecule has 1 aromatic carbocycles. The van der Waals surface area contributed by atoms with Crippen LogP contribution < -0.4 is 11.1 Å². The molecule has 0 spiro atoms. The summed E-state index contributed by atoms with van der Waals surface area (Å²) in [6.07, 6.45) is 1.10. The monoisotopic (exact) mass is 337 g/mol. The zero-order chi connectivity index (χ0) is 14.7. The smallest absolute Gasteiger partial charge is 0.329 e. The zero-order valence-electron chi connectivity index (χ0n) is 10.6. The van der Waals surface area contributed by atoms with Gasteiger partial charge in [0.1, 0.15) is 6.20 Å². The number of hydrogen-bond acceptors (Lipinski definition) is 6. The number of nitrogen functional groups attached to an aromatic ring is 1. The molecule has 1 atom stereocenters. The summed E-state index contributed by atoms with van der Waals surface area (Å²) in [5.74, 6) is 0.0921. The predicted molar refractivity (Wildman–Crippen MR) is 79.3 cm³/mol. The van der Waals surface area contributed by atoms with Crippen molar-refractivity contribution in [2.45, 2.75) is 13.0 Å². The van der Waals surface area contributed by atoms with Gasteiger partial charge in [0.15, 0.2) is 0 Å². The predicted octanol–water partition coefficient (Wildman–Crippen LogP) is 2.90. The fraction of sp³-hybridized carbons (Fsp3) is 0.167. The second-order valence-electron chi connectivity index (χ2n) is 4.14. The van der Waals surface area contributed by atoms with Gasteiger partial charge in [0.2, 0.25) is 11.8 Å². The van der Waals surface area contributed by atoms with Crippen LogP contribution >= 0.6 is 15.9 Å². The van der Waals surface area contributed by atoms with Crippen molar-refractivity contribution < 1.29 is 4.92 Å². The summed E-state index contributed by atoms with van der Waals surface area (Å²) in [5.41, 5.74) is 6.25. The van der Waals surface area contributed by atoms with E-state index < -0.39 is 4.92 Å². The van der Waals surface area contributed by atoms with Crippen LogP contribution in [0, 0.1) is 10.1 Å². The molecule has 2 aromatic rings. The summed E-state index contributed by atoms with van der Waals surface area (Å²) in [7, 11) is 0. The minimum atomic E-state index is -0.614. The molecule has 0 fully saturated rings. The summed E-state index contributed by atoms with van der Waals surface area (Å²) >= 11 is 3.40. The highest BCUT2D eigenvalue weighted by atomic mass is 79.9. The topological polar surface area (TPSA) is 107 Å². The first-order valence-corrected chi connectivity index (χ1v) is 6.55. The van der Waals surface area contributed by atoms with Crippen molar-refractivity contribution in [3.8, 4) is 0 Å². The molecular formula is C12H12BrN5O2. The molecule has 20 heavy (non-hydrogen) atoms. The summed E-state index contributed by atoms with van der Waals surface area (Å²) in [6.45, 7) is 1.93. The molecule has 0 saturated carbocycles. The highest BCUT2D eigenvalue weighted by Crippen LogP contribution is 2.23. The third-order valence-electron chi connectivity index (χ3n) is 2.69.